The SMILES string of the molecule is CN=C(NCc1nc(C)c(C)o1)N1CCC(N(CC2CC2)C(=O)OC(C)(C)C)CC1. The second-order valence-electron chi connectivity index (χ2n) is 9.44. The summed E-state index contributed by atoms with van der Waals surface area (Å²) in [6, 6.07) is 0.215. The average Bonchev–Trinajstić information content (AvgIpc) is 3.44. The van der Waals surface area contributed by atoms with Crippen molar-refractivity contribution in [3.8, 4) is 0 Å². The maximum atomic E-state index is 12.8. The third-order valence-electron chi connectivity index (χ3n) is 5.67. The van der Waals surface area contributed by atoms with E-state index in [0.717, 1.165) is 49.9 Å². The van der Waals surface area contributed by atoms with Gasteiger partial charge >= 0.3 is 6.09 Å². The molecule has 8 heteroatoms. The third kappa shape index (κ3) is 6.12. The van der Waals surface area contributed by atoms with Crippen LogP contribution >= 0.6 is 0 Å². The zero-order valence-electron chi connectivity index (χ0n) is 19.3. The minimum atomic E-state index is -0.470. The normalized spacial score (nSPS) is 18.5. The molecule has 0 radical (unpaired) electrons. The Morgan fingerprint density at radius 2 is 1.93 bits per heavy atom. The van der Waals surface area contributed by atoms with E-state index in [1.165, 1.54) is 12.8 Å². The van der Waals surface area contributed by atoms with Crippen LogP contribution in [0.4, 0.5) is 4.79 Å². The molecule has 1 N–H and O–H groups in total. The molecule has 2 heterocycles. The van der Waals surface area contributed by atoms with E-state index in [0.29, 0.717) is 18.4 Å². The lowest BCUT2D eigenvalue weighted by Gasteiger charge is -2.40. The van der Waals surface area contributed by atoms with Crippen molar-refractivity contribution in [3.05, 3.63) is 17.3 Å². The van der Waals surface area contributed by atoms with Gasteiger partial charge in [0.15, 0.2) is 5.96 Å². The Balaban J connectivity index is 1.54. The molecule has 1 saturated carbocycles. The van der Waals surface area contributed by atoms with E-state index in [-0.39, 0.29) is 12.1 Å². The number of carbonyl (C=O) groups excluding carboxylic acids is 1. The molecule has 168 valence electrons. The molecule has 2 aliphatic rings. The number of aryl methyl sites for hydroxylation is 2. The second kappa shape index (κ2) is 9.27. The van der Waals surface area contributed by atoms with Gasteiger partial charge in [0, 0.05) is 32.7 Å². The number of carbonyl (C=O) groups is 1. The number of hydrogen-bond acceptors (Lipinski definition) is 5. The minimum Gasteiger partial charge on any atom is -0.444 e. The fourth-order valence-electron chi connectivity index (χ4n) is 3.76. The van der Waals surface area contributed by atoms with E-state index in [2.05, 4.69) is 20.2 Å². The van der Waals surface area contributed by atoms with Gasteiger partial charge < -0.3 is 24.3 Å². The van der Waals surface area contributed by atoms with Gasteiger partial charge in [-0.25, -0.2) is 9.78 Å². The van der Waals surface area contributed by atoms with E-state index >= 15 is 0 Å². The van der Waals surface area contributed by atoms with Crippen LogP contribution in [0.1, 0.15) is 63.8 Å². The van der Waals surface area contributed by atoms with Crippen LogP contribution in [0.5, 0.6) is 0 Å². The molecular weight excluding hydrogens is 382 g/mol. The number of piperidine rings is 1. The highest BCUT2D eigenvalue weighted by molar-refractivity contribution is 5.80. The minimum absolute atomic E-state index is 0.176. The number of ether oxygens (including phenoxy) is 1. The first-order chi connectivity index (χ1) is 14.2. The summed E-state index contributed by atoms with van der Waals surface area (Å²) in [5.74, 6) is 2.99. The maximum Gasteiger partial charge on any atom is 0.410 e. The van der Waals surface area contributed by atoms with Gasteiger partial charge in [0.05, 0.1) is 12.2 Å². The van der Waals surface area contributed by atoms with Crippen LogP contribution in [0, 0.1) is 19.8 Å². The van der Waals surface area contributed by atoms with Crippen LogP contribution in [0.25, 0.3) is 0 Å². The number of nitrogens with zero attached hydrogens (tertiary/aromatic N) is 4. The van der Waals surface area contributed by atoms with Gasteiger partial charge in [0.1, 0.15) is 11.4 Å². The standard InChI is InChI=1S/C22H37N5O3/c1-15-16(2)29-19(25-15)13-24-20(23-6)26-11-9-18(10-12-26)27(14-17-7-8-17)21(28)30-22(3,4)5/h17-18H,7-14H2,1-6H3,(H,23,24). The predicted molar refractivity (Wildman–Crippen MR) is 116 cm³/mol. The maximum absolute atomic E-state index is 12.8. The molecule has 0 aromatic carbocycles. The summed E-state index contributed by atoms with van der Waals surface area (Å²) in [4.78, 5) is 25.9. The molecule has 1 aliphatic carbocycles. The van der Waals surface area contributed by atoms with E-state index in [1.54, 1.807) is 7.05 Å². The molecule has 1 aromatic heterocycles. The fraction of sp³-hybridized carbons (Fsp3) is 0.773. The quantitative estimate of drug-likeness (QED) is 0.581. The van der Waals surface area contributed by atoms with E-state index in [1.807, 2.05) is 39.5 Å². The van der Waals surface area contributed by atoms with Crippen LogP contribution in [-0.2, 0) is 11.3 Å². The molecule has 1 aliphatic heterocycles. The Morgan fingerprint density at radius 3 is 2.43 bits per heavy atom. The molecule has 1 amide bonds. The van der Waals surface area contributed by atoms with Crippen molar-refractivity contribution in [1.82, 2.24) is 20.1 Å². The number of nitrogens with one attached hydrogen (secondary N) is 1. The van der Waals surface area contributed by atoms with Crippen LogP contribution in [0.2, 0.25) is 0 Å². The number of aliphatic imine (C=N–C) groups is 1. The van der Waals surface area contributed by atoms with E-state index < -0.39 is 5.60 Å². The highest BCUT2D eigenvalue weighted by atomic mass is 16.6. The first-order valence-electron chi connectivity index (χ1n) is 11.0. The molecule has 0 spiro atoms. The highest BCUT2D eigenvalue weighted by Gasteiger charge is 2.35. The van der Waals surface area contributed by atoms with Gasteiger partial charge in [0.2, 0.25) is 5.89 Å². The second-order valence-corrected chi connectivity index (χ2v) is 9.44. The number of aromatic nitrogens is 1. The molecule has 0 unspecified atom stereocenters. The first-order valence-corrected chi connectivity index (χ1v) is 11.0. The van der Waals surface area contributed by atoms with Crippen LogP contribution in [0.3, 0.4) is 0 Å². The Morgan fingerprint density at radius 1 is 1.27 bits per heavy atom. The molecule has 1 aromatic rings. The highest BCUT2D eigenvalue weighted by Crippen LogP contribution is 2.32. The van der Waals surface area contributed by atoms with Crippen molar-refractivity contribution in [3.63, 3.8) is 0 Å². The molecular formula is C22H37N5O3. The van der Waals surface area contributed by atoms with Crippen molar-refractivity contribution in [2.75, 3.05) is 26.7 Å². The topological polar surface area (TPSA) is 83.2 Å². The summed E-state index contributed by atoms with van der Waals surface area (Å²) >= 11 is 0. The van der Waals surface area contributed by atoms with Crippen molar-refractivity contribution >= 4 is 12.1 Å². The molecule has 3 rings (SSSR count). The van der Waals surface area contributed by atoms with Crippen molar-refractivity contribution in [2.45, 2.75) is 78.5 Å². The van der Waals surface area contributed by atoms with Gasteiger partial charge in [-0.2, -0.15) is 0 Å². The summed E-state index contributed by atoms with van der Waals surface area (Å²) in [6.07, 6.45) is 4.07. The number of amides is 1. The lowest BCUT2D eigenvalue weighted by atomic mass is 10.0. The molecule has 30 heavy (non-hydrogen) atoms. The largest absolute Gasteiger partial charge is 0.444 e. The Hall–Kier alpha value is -2.25. The number of oxazole rings is 1. The number of guanidine groups is 1. The molecule has 1 saturated heterocycles. The van der Waals surface area contributed by atoms with Gasteiger partial charge in [-0.1, -0.05) is 0 Å². The Bertz CT molecular complexity index is 736. The Labute approximate surface area is 180 Å². The fourth-order valence-corrected chi connectivity index (χ4v) is 3.76. The summed E-state index contributed by atoms with van der Waals surface area (Å²) in [7, 11) is 1.79. The number of likely N-dealkylation sites (tertiary alicyclic amines) is 1. The molecule has 0 atom stereocenters. The smallest absolute Gasteiger partial charge is 0.410 e. The zero-order chi connectivity index (χ0) is 21.9. The van der Waals surface area contributed by atoms with Gasteiger partial charge in [-0.05, 0) is 66.2 Å². The van der Waals surface area contributed by atoms with Gasteiger partial charge in [0.25, 0.3) is 0 Å². The lowest BCUT2D eigenvalue weighted by molar-refractivity contribution is 0.00927. The monoisotopic (exact) mass is 419 g/mol. The van der Waals surface area contributed by atoms with Crippen molar-refractivity contribution in [2.24, 2.45) is 10.9 Å². The summed E-state index contributed by atoms with van der Waals surface area (Å²) in [5.41, 5.74) is 0.447. The van der Waals surface area contributed by atoms with Crippen LogP contribution in [-0.4, -0.2) is 65.2 Å². The van der Waals surface area contributed by atoms with Crippen molar-refractivity contribution in [1.29, 1.82) is 0 Å². The lowest BCUT2D eigenvalue weighted by Crippen LogP contribution is -2.52. The molecule has 0 bridgehead atoms. The summed E-state index contributed by atoms with van der Waals surface area (Å²) < 4.78 is 11.3. The summed E-state index contributed by atoms with van der Waals surface area (Å²) in [5, 5.41) is 3.35. The van der Waals surface area contributed by atoms with Crippen LogP contribution in [0.15, 0.2) is 9.41 Å². The average molecular weight is 420 g/mol. The third-order valence-corrected chi connectivity index (χ3v) is 5.67. The van der Waals surface area contributed by atoms with E-state index in [9.17, 15) is 4.79 Å². The van der Waals surface area contributed by atoms with Crippen LogP contribution < -0.4 is 5.32 Å². The zero-order valence-corrected chi connectivity index (χ0v) is 19.3. The Kier molecular flexibility index (Phi) is 6.93. The first kappa shape index (κ1) is 22.4. The van der Waals surface area contributed by atoms with Gasteiger partial charge in [-0.15, -0.1) is 0 Å². The molecule has 2 fully saturated rings. The number of hydrogen-bond donors (Lipinski definition) is 1. The summed E-state index contributed by atoms with van der Waals surface area (Å²) in [6.45, 7) is 12.7. The van der Waals surface area contributed by atoms with E-state index in [4.69, 9.17) is 9.15 Å². The number of rotatable bonds is 5. The predicted octanol–water partition coefficient (Wildman–Crippen LogP) is 3.48. The molecule has 8 nitrogen and oxygen atoms in total. The van der Waals surface area contributed by atoms with Gasteiger partial charge in [-0.3, -0.25) is 4.99 Å². The van der Waals surface area contributed by atoms with Crippen molar-refractivity contribution < 1.29 is 13.9 Å².